The van der Waals surface area contributed by atoms with E-state index >= 15 is 0 Å². The Morgan fingerprint density at radius 2 is 1.92 bits per heavy atom. The van der Waals surface area contributed by atoms with Crippen LogP contribution in [0.5, 0.6) is 0 Å². The van der Waals surface area contributed by atoms with Crippen LogP contribution >= 0.6 is 0 Å². The molecule has 0 aromatic carbocycles. The highest BCUT2D eigenvalue weighted by Gasteiger charge is 2.35. The third-order valence-corrected chi connectivity index (χ3v) is 5.03. The van der Waals surface area contributed by atoms with Crippen molar-refractivity contribution in [3.05, 3.63) is 12.2 Å². The van der Waals surface area contributed by atoms with Gasteiger partial charge in [-0.2, -0.15) is 0 Å². The van der Waals surface area contributed by atoms with Crippen LogP contribution < -0.4 is 0 Å². The summed E-state index contributed by atoms with van der Waals surface area (Å²) in [5.74, 6) is -0.120. The molecule has 146 valence electrons. The largest absolute Gasteiger partial charge is 0.469 e. The molecule has 0 aromatic rings. The van der Waals surface area contributed by atoms with Gasteiger partial charge in [-0.25, -0.2) is 0 Å². The number of rotatable bonds is 14. The Labute approximate surface area is 154 Å². The second-order valence-corrected chi connectivity index (χ2v) is 7.92. The molecule has 0 amide bonds. The Hall–Kier alpha value is -0.870. The number of carbonyl (C=O) groups excluding carboxylic acids is 1. The zero-order valence-electron chi connectivity index (χ0n) is 16.6. The van der Waals surface area contributed by atoms with E-state index in [1.165, 1.54) is 26.4 Å². The van der Waals surface area contributed by atoms with Crippen molar-refractivity contribution in [1.82, 2.24) is 0 Å². The van der Waals surface area contributed by atoms with Gasteiger partial charge in [-0.15, -0.1) is 0 Å². The van der Waals surface area contributed by atoms with Gasteiger partial charge in [-0.3, -0.25) is 4.79 Å². The first kappa shape index (κ1) is 22.2. The van der Waals surface area contributed by atoms with E-state index in [4.69, 9.17) is 9.47 Å². The van der Waals surface area contributed by atoms with Crippen LogP contribution in [0.4, 0.5) is 0 Å². The molecule has 4 heteroatoms. The van der Waals surface area contributed by atoms with Gasteiger partial charge in [0.05, 0.1) is 24.7 Å². The molecule has 1 aliphatic rings. The first-order valence-corrected chi connectivity index (χ1v) is 10.0. The Morgan fingerprint density at radius 1 is 1.20 bits per heavy atom. The van der Waals surface area contributed by atoms with Crippen LogP contribution in [-0.2, 0) is 14.3 Å². The SMILES string of the molecule is CCCCCC(O)/C=C/C1OC1CCCCCCC(C)(C)C(=O)OC. The van der Waals surface area contributed by atoms with Crippen LogP contribution in [0.1, 0.15) is 85.0 Å². The molecule has 0 aliphatic carbocycles. The number of methoxy groups -OCH3 is 1. The van der Waals surface area contributed by atoms with Gasteiger partial charge in [0.2, 0.25) is 0 Å². The number of ether oxygens (including phenoxy) is 2. The van der Waals surface area contributed by atoms with E-state index in [9.17, 15) is 9.90 Å². The maximum atomic E-state index is 11.6. The lowest BCUT2D eigenvalue weighted by Gasteiger charge is -2.20. The fourth-order valence-corrected chi connectivity index (χ4v) is 3.14. The number of aliphatic hydroxyl groups is 1. The van der Waals surface area contributed by atoms with Gasteiger partial charge in [-0.05, 0) is 33.1 Å². The van der Waals surface area contributed by atoms with Gasteiger partial charge >= 0.3 is 5.97 Å². The number of aliphatic hydroxyl groups excluding tert-OH is 1. The predicted molar refractivity (Wildman–Crippen MR) is 101 cm³/mol. The van der Waals surface area contributed by atoms with Gasteiger partial charge in [0, 0.05) is 0 Å². The van der Waals surface area contributed by atoms with E-state index in [2.05, 4.69) is 6.92 Å². The molecule has 0 bridgehead atoms. The minimum Gasteiger partial charge on any atom is -0.469 e. The lowest BCUT2D eigenvalue weighted by Crippen LogP contribution is -2.25. The van der Waals surface area contributed by atoms with Crippen LogP contribution in [0.2, 0.25) is 0 Å². The molecule has 1 aliphatic heterocycles. The first-order valence-electron chi connectivity index (χ1n) is 10.0. The summed E-state index contributed by atoms with van der Waals surface area (Å²) in [5, 5.41) is 9.86. The molecule has 1 rings (SSSR count). The molecule has 0 spiro atoms. The fraction of sp³-hybridized carbons (Fsp3) is 0.857. The molecule has 0 saturated carbocycles. The average Bonchev–Trinajstić information content (AvgIpc) is 3.34. The van der Waals surface area contributed by atoms with E-state index in [-0.39, 0.29) is 23.6 Å². The van der Waals surface area contributed by atoms with Crippen molar-refractivity contribution < 1.29 is 19.4 Å². The number of hydrogen-bond acceptors (Lipinski definition) is 4. The van der Waals surface area contributed by atoms with Crippen LogP contribution in [0.15, 0.2) is 12.2 Å². The molecule has 1 heterocycles. The summed E-state index contributed by atoms with van der Waals surface area (Å²) < 4.78 is 10.5. The van der Waals surface area contributed by atoms with Gasteiger partial charge in [0.25, 0.3) is 0 Å². The van der Waals surface area contributed by atoms with Gasteiger partial charge < -0.3 is 14.6 Å². The van der Waals surface area contributed by atoms with Crippen molar-refractivity contribution in [2.45, 2.75) is 103 Å². The van der Waals surface area contributed by atoms with Crippen molar-refractivity contribution in [3.63, 3.8) is 0 Å². The smallest absolute Gasteiger partial charge is 0.311 e. The summed E-state index contributed by atoms with van der Waals surface area (Å²) >= 11 is 0. The number of hydrogen-bond donors (Lipinski definition) is 1. The molecule has 4 nitrogen and oxygen atoms in total. The molecule has 3 unspecified atom stereocenters. The third-order valence-electron chi connectivity index (χ3n) is 5.03. The summed E-state index contributed by atoms with van der Waals surface area (Å²) in [6.45, 7) is 6.07. The minimum absolute atomic E-state index is 0.120. The van der Waals surface area contributed by atoms with Gasteiger partial charge in [-0.1, -0.05) is 64.0 Å². The van der Waals surface area contributed by atoms with E-state index in [1.54, 1.807) is 0 Å². The maximum Gasteiger partial charge on any atom is 0.311 e. The molecule has 1 N–H and O–H groups in total. The number of carbonyl (C=O) groups is 1. The predicted octanol–water partition coefficient (Wildman–Crippen LogP) is 4.79. The first-order chi connectivity index (χ1) is 11.9. The average molecular weight is 355 g/mol. The Bertz CT molecular complexity index is 403. The molecule has 0 aromatic heterocycles. The quantitative estimate of drug-likeness (QED) is 0.211. The van der Waals surface area contributed by atoms with E-state index in [0.29, 0.717) is 6.10 Å². The van der Waals surface area contributed by atoms with E-state index in [1.807, 2.05) is 26.0 Å². The van der Waals surface area contributed by atoms with Crippen molar-refractivity contribution in [2.75, 3.05) is 7.11 Å². The molecule has 1 saturated heterocycles. The lowest BCUT2D eigenvalue weighted by atomic mass is 9.87. The molecule has 1 fully saturated rings. The lowest BCUT2D eigenvalue weighted by molar-refractivity contribution is -0.151. The Kier molecular flexibility index (Phi) is 10.4. The van der Waals surface area contributed by atoms with Gasteiger partial charge in [0.15, 0.2) is 0 Å². The normalized spacial score (nSPS) is 21.5. The topological polar surface area (TPSA) is 59.1 Å². The number of esters is 1. The molecule has 3 atom stereocenters. The second-order valence-electron chi connectivity index (χ2n) is 7.92. The number of epoxide rings is 1. The summed E-state index contributed by atoms with van der Waals surface area (Å²) in [6.07, 6.45) is 14.9. The van der Waals surface area contributed by atoms with Crippen molar-refractivity contribution in [3.8, 4) is 0 Å². The Balaban J connectivity index is 2.01. The zero-order valence-corrected chi connectivity index (χ0v) is 16.6. The minimum atomic E-state index is -0.373. The van der Waals surface area contributed by atoms with Crippen molar-refractivity contribution >= 4 is 5.97 Å². The van der Waals surface area contributed by atoms with Gasteiger partial charge in [0.1, 0.15) is 6.10 Å². The second kappa shape index (κ2) is 11.7. The van der Waals surface area contributed by atoms with E-state index in [0.717, 1.165) is 44.9 Å². The highest BCUT2D eigenvalue weighted by molar-refractivity contribution is 5.75. The monoisotopic (exact) mass is 354 g/mol. The summed E-state index contributed by atoms with van der Waals surface area (Å²) in [5.41, 5.74) is -0.373. The van der Waals surface area contributed by atoms with Crippen LogP contribution in [0.3, 0.4) is 0 Å². The van der Waals surface area contributed by atoms with Crippen molar-refractivity contribution in [2.24, 2.45) is 5.41 Å². The fourth-order valence-electron chi connectivity index (χ4n) is 3.14. The summed E-state index contributed by atoms with van der Waals surface area (Å²) in [4.78, 5) is 11.6. The third kappa shape index (κ3) is 9.41. The molecule has 25 heavy (non-hydrogen) atoms. The van der Waals surface area contributed by atoms with Crippen molar-refractivity contribution in [1.29, 1.82) is 0 Å². The van der Waals surface area contributed by atoms with E-state index < -0.39 is 0 Å². The standard InChI is InChI=1S/C21H38O4/c1-5-6-9-12-17(22)14-15-19-18(25-19)13-10-7-8-11-16-21(2,3)20(23)24-4/h14-15,17-19,22H,5-13,16H2,1-4H3/b15-14+. The highest BCUT2D eigenvalue weighted by atomic mass is 16.6. The molecular weight excluding hydrogens is 316 g/mol. The zero-order chi connectivity index (χ0) is 18.7. The maximum absolute atomic E-state index is 11.6. The van der Waals surface area contributed by atoms with Crippen LogP contribution in [0, 0.1) is 5.41 Å². The van der Waals surface area contributed by atoms with Crippen LogP contribution in [0.25, 0.3) is 0 Å². The van der Waals surface area contributed by atoms with Crippen LogP contribution in [-0.4, -0.2) is 36.5 Å². The highest BCUT2D eigenvalue weighted by Crippen LogP contribution is 2.30. The summed E-state index contributed by atoms with van der Waals surface area (Å²) in [7, 11) is 1.45. The Morgan fingerprint density at radius 3 is 2.60 bits per heavy atom. The summed E-state index contributed by atoms with van der Waals surface area (Å²) in [6, 6.07) is 0. The number of unbranched alkanes of at least 4 members (excludes halogenated alkanes) is 5. The molecular formula is C21H38O4. The molecule has 0 radical (unpaired) electrons.